The van der Waals surface area contributed by atoms with Gasteiger partial charge >= 0.3 is 0 Å². The first-order valence-corrected chi connectivity index (χ1v) is 5.38. The third-order valence-corrected chi connectivity index (χ3v) is 2.68. The van der Waals surface area contributed by atoms with Crippen LogP contribution in [0.15, 0.2) is 17.3 Å². The van der Waals surface area contributed by atoms with Gasteiger partial charge in [-0.2, -0.15) is 4.98 Å². The largest absolute Gasteiger partial charge is 0.378 e. The van der Waals surface area contributed by atoms with E-state index in [1.165, 1.54) is 12.5 Å². The number of rotatable bonds is 1. The van der Waals surface area contributed by atoms with Crippen molar-refractivity contribution in [3.63, 3.8) is 0 Å². The van der Waals surface area contributed by atoms with Gasteiger partial charge in [-0.25, -0.2) is 9.97 Å². The molecule has 0 spiro atoms. The van der Waals surface area contributed by atoms with Gasteiger partial charge in [-0.1, -0.05) is 0 Å². The highest BCUT2D eigenvalue weighted by molar-refractivity contribution is 5.73. The molecule has 2 aromatic rings. The van der Waals surface area contributed by atoms with E-state index in [9.17, 15) is 4.79 Å². The minimum absolute atomic E-state index is 0.219. The van der Waals surface area contributed by atoms with Crippen molar-refractivity contribution in [1.82, 2.24) is 19.9 Å². The van der Waals surface area contributed by atoms with E-state index in [2.05, 4.69) is 19.9 Å². The molecule has 3 rings (SSSR count). The summed E-state index contributed by atoms with van der Waals surface area (Å²) in [6.45, 7) is 2.86. The highest BCUT2D eigenvalue weighted by Crippen LogP contribution is 2.11. The van der Waals surface area contributed by atoms with Crippen LogP contribution in [-0.4, -0.2) is 46.2 Å². The van der Waals surface area contributed by atoms with Crippen LogP contribution in [0.4, 0.5) is 5.95 Å². The SMILES string of the molecule is O=c1[nH]cnc2nc(N3CCOCC3)ncc12. The molecule has 0 saturated carbocycles. The number of aromatic amines is 1. The van der Waals surface area contributed by atoms with E-state index < -0.39 is 0 Å². The summed E-state index contributed by atoms with van der Waals surface area (Å²) >= 11 is 0. The topological polar surface area (TPSA) is 84.0 Å². The second-order valence-electron chi connectivity index (χ2n) is 3.74. The second kappa shape index (κ2) is 4.10. The molecule has 0 atom stereocenters. The maximum atomic E-state index is 11.5. The number of morpholine rings is 1. The van der Waals surface area contributed by atoms with Gasteiger partial charge in [0.2, 0.25) is 5.95 Å². The van der Waals surface area contributed by atoms with Crippen molar-refractivity contribution in [2.75, 3.05) is 31.2 Å². The molecule has 1 fully saturated rings. The Morgan fingerprint density at radius 3 is 2.94 bits per heavy atom. The molecule has 7 nitrogen and oxygen atoms in total. The number of fused-ring (bicyclic) bond motifs is 1. The molecule has 1 N–H and O–H groups in total. The zero-order valence-electron chi connectivity index (χ0n) is 9.09. The Hall–Kier alpha value is -2.02. The van der Waals surface area contributed by atoms with Gasteiger partial charge in [-0.15, -0.1) is 0 Å². The molecular weight excluding hydrogens is 222 g/mol. The summed E-state index contributed by atoms with van der Waals surface area (Å²) in [7, 11) is 0. The van der Waals surface area contributed by atoms with E-state index in [4.69, 9.17) is 4.74 Å². The monoisotopic (exact) mass is 233 g/mol. The van der Waals surface area contributed by atoms with Crippen molar-refractivity contribution < 1.29 is 4.74 Å². The number of nitrogens with one attached hydrogen (secondary N) is 1. The first kappa shape index (κ1) is 10.2. The maximum Gasteiger partial charge on any atom is 0.261 e. The number of nitrogens with zero attached hydrogens (tertiary/aromatic N) is 4. The predicted octanol–water partition coefficient (Wildman–Crippen LogP) is -0.450. The number of ether oxygens (including phenoxy) is 1. The molecule has 7 heteroatoms. The molecular formula is C10H11N5O2. The standard InChI is InChI=1S/C10H11N5O2/c16-9-7-5-11-10(14-8(7)12-6-13-9)15-1-3-17-4-2-15/h5-6H,1-4H2,(H,11,12,13,14,16). The van der Waals surface area contributed by atoms with E-state index in [1.54, 1.807) is 0 Å². The molecule has 2 aromatic heterocycles. The molecule has 1 saturated heterocycles. The number of hydrogen-bond donors (Lipinski definition) is 1. The van der Waals surface area contributed by atoms with Crippen molar-refractivity contribution in [3.05, 3.63) is 22.9 Å². The lowest BCUT2D eigenvalue weighted by Crippen LogP contribution is -2.37. The Morgan fingerprint density at radius 2 is 2.12 bits per heavy atom. The Labute approximate surface area is 96.5 Å². The molecule has 0 radical (unpaired) electrons. The smallest absolute Gasteiger partial charge is 0.261 e. The number of H-pyrrole nitrogens is 1. The highest BCUT2D eigenvalue weighted by Gasteiger charge is 2.14. The lowest BCUT2D eigenvalue weighted by molar-refractivity contribution is 0.122. The first-order chi connectivity index (χ1) is 8.34. The van der Waals surface area contributed by atoms with Gasteiger partial charge in [-0.3, -0.25) is 4.79 Å². The molecule has 1 aliphatic heterocycles. The summed E-state index contributed by atoms with van der Waals surface area (Å²) in [5, 5.41) is 0.407. The van der Waals surface area contributed by atoms with E-state index in [0.717, 1.165) is 13.1 Å². The van der Waals surface area contributed by atoms with E-state index >= 15 is 0 Å². The third-order valence-electron chi connectivity index (χ3n) is 2.68. The summed E-state index contributed by atoms with van der Waals surface area (Å²) in [6.07, 6.45) is 2.86. The van der Waals surface area contributed by atoms with Crippen molar-refractivity contribution in [3.8, 4) is 0 Å². The molecule has 0 amide bonds. The van der Waals surface area contributed by atoms with Gasteiger partial charge in [0.15, 0.2) is 5.65 Å². The molecule has 1 aliphatic rings. The number of hydrogen-bond acceptors (Lipinski definition) is 6. The van der Waals surface area contributed by atoms with Crippen LogP contribution in [0, 0.1) is 0 Å². The second-order valence-corrected chi connectivity index (χ2v) is 3.74. The molecule has 0 aromatic carbocycles. The minimum atomic E-state index is -0.219. The van der Waals surface area contributed by atoms with Gasteiger partial charge in [0.25, 0.3) is 5.56 Å². The van der Waals surface area contributed by atoms with Crippen LogP contribution >= 0.6 is 0 Å². The summed E-state index contributed by atoms with van der Waals surface area (Å²) in [5.41, 5.74) is 0.203. The van der Waals surface area contributed by atoms with Crippen molar-refractivity contribution >= 4 is 17.0 Å². The van der Waals surface area contributed by atoms with E-state index in [-0.39, 0.29) is 5.56 Å². The van der Waals surface area contributed by atoms with Gasteiger partial charge < -0.3 is 14.6 Å². The maximum absolute atomic E-state index is 11.5. The third kappa shape index (κ3) is 1.84. The quantitative estimate of drug-likeness (QED) is 0.718. The molecule has 0 bridgehead atoms. The lowest BCUT2D eigenvalue weighted by atomic mass is 10.4. The molecule has 88 valence electrons. The molecule has 3 heterocycles. The van der Waals surface area contributed by atoms with Crippen LogP contribution < -0.4 is 10.5 Å². The predicted molar refractivity (Wildman–Crippen MR) is 61.0 cm³/mol. The Bertz CT molecular complexity index is 591. The summed E-state index contributed by atoms with van der Waals surface area (Å²) in [4.78, 5) is 28.5. The fourth-order valence-corrected chi connectivity index (χ4v) is 1.77. The first-order valence-electron chi connectivity index (χ1n) is 5.38. The molecule has 0 aliphatic carbocycles. The average Bonchev–Trinajstić information content (AvgIpc) is 2.40. The fraction of sp³-hybridized carbons (Fsp3) is 0.400. The Kier molecular flexibility index (Phi) is 2.45. The van der Waals surface area contributed by atoms with Crippen molar-refractivity contribution in [2.45, 2.75) is 0 Å². The van der Waals surface area contributed by atoms with Crippen LogP contribution in [0.1, 0.15) is 0 Å². The Balaban J connectivity index is 2.04. The van der Waals surface area contributed by atoms with Gasteiger partial charge in [-0.05, 0) is 0 Å². The zero-order valence-corrected chi connectivity index (χ0v) is 9.09. The number of anilines is 1. The fourth-order valence-electron chi connectivity index (χ4n) is 1.77. The van der Waals surface area contributed by atoms with Crippen LogP contribution in [0.3, 0.4) is 0 Å². The lowest BCUT2D eigenvalue weighted by Gasteiger charge is -2.26. The van der Waals surface area contributed by atoms with E-state index in [1.807, 2.05) is 4.90 Å². The van der Waals surface area contributed by atoms with Crippen molar-refractivity contribution in [1.29, 1.82) is 0 Å². The van der Waals surface area contributed by atoms with Gasteiger partial charge in [0.1, 0.15) is 5.39 Å². The molecule has 17 heavy (non-hydrogen) atoms. The van der Waals surface area contributed by atoms with Crippen molar-refractivity contribution in [2.24, 2.45) is 0 Å². The van der Waals surface area contributed by atoms with E-state index in [0.29, 0.717) is 30.2 Å². The molecule has 0 unspecified atom stereocenters. The van der Waals surface area contributed by atoms with Gasteiger partial charge in [0.05, 0.1) is 19.5 Å². The van der Waals surface area contributed by atoms with Gasteiger partial charge in [0, 0.05) is 19.3 Å². The number of aromatic nitrogens is 4. The van der Waals surface area contributed by atoms with Crippen LogP contribution in [0.2, 0.25) is 0 Å². The minimum Gasteiger partial charge on any atom is -0.378 e. The summed E-state index contributed by atoms with van der Waals surface area (Å²) in [5.74, 6) is 0.596. The highest BCUT2D eigenvalue weighted by atomic mass is 16.5. The zero-order chi connectivity index (χ0) is 11.7. The normalized spacial score (nSPS) is 16.4. The Morgan fingerprint density at radius 1 is 1.29 bits per heavy atom. The summed E-state index contributed by atoms with van der Waals surface area (Å²) in [6, 6.07) is 0. The summed E-state index contributed by atoms with van der Waals surface area (Å²) < 4.78 is 5.26. The van der Waals surface area contributed by atoms with Crippen LogP contribution in [0.25, 0.3) is 11.0 Å². The van der Waals surface area contributed by atoms with Crippen LogP contribution in [-0.2, 0) is 4.74 Å². The van der Waals surface area contributed by atoms with Crippen LogP contribution in [0.5, 0.6) is 0 Å². The average molecular weight is 233 g/mol.